The molecule has 0 bridgehead atoms. The molecule has 1 rings (SSSR count). The van der Waals surface area contributed by atoms with Crippen LogP contribution < -0.4 is 5.32 Å². The highest BCUT2D eigenvalue weighted by molar-refractivity contribution is 5.82. The average molecular weight is 256 g/mol. The molecule has 0 spiro atoms. The summed E-state index contributed by atoms with van der Waals surface area (Å²) in [6, 6.07) is 0. The lowest BCUT2D eigenvalue weighted by atomic mass is 9.88. The van der Waals surface area contributed by atoms with E-state index in [0.717, 1.165) is 12.8 Å². The SMILES string of the molecule is CC(C)(C)NC(=O)CN1CCCCC1(C)C(=O)O. The van der Waals surface area contributed by atoms with E-state index in [4.69, 9.17) is 0 Å². The smallest absolute Gasteiger partial charge is 0.323 e. The molecule has 1 aliphatic heterocycles. The van der Waals surface area contributed by atoms with Crippen molar-refractivity contribution in [1.82, 2.24) is 10.2 Å². The lowest BCUT2D eigenvalue weighted by molar-refractivity contribution is -0.153. The van der Waals surface area contributed by atoms with Crippen molar-refractivity contribution in [2.24, 2.45) is 0 Å². The minimum atomic E-state index is -0.909. The molecule has 1 amide bonds. The fourth-order valence-electron chi connectivity index (χ4n) is 2.30. The molecule has 0 aromatic heterocycles. The number of amides is 1. The van der Waals surface area contributed by atoms with E-state index in [1.165, 1.54) is 0 Å². The molecule has 1 atom stereocenters. The fourth-order valence-corrected chi connectivity index (χ4v) is 2.30. The molecule has 0 aromatic rings. The molecule has 1 aliphatic rings. The minimum absolute atomic E-state index is 0.114. The third kappa shape index (κ3) is 3.70. The number of hydrogen-bond donors (Lipinski definition) is 2. The van der Waals surface area contributed by atoms with Gasteiger partial charge in [0, 0.05) is 5.54 Å². The molecule has 1 fully saturated rings. The second kappa shape index (κ2) is 5.26. The van der Waals surface area contributed by atoms with Crippen LogP contribution in [0, 0.1) is 0 Å². The highest BCUT2D eigenvalue weighted by Crippen LogP contribution is 2.27. The molecular formula is C13H24N2O3. The first kappa shape index (κ1) is 15.0. The summed E-state index contributed by atoms with van der Waals surface area (Å²) in [5.41, 5.74) is -1.19. The zero-order chi connectivity index (χ0) is 14.0. The van der Waals surface area contributed by atoms with Gasteiger partial charge in [0.15, 0.2) is 0 Å². The zero-order valence-electron chi connectivity index (χ0n) is 11.7. The number of carbonyl (C=O) groups is 2. The van der Waals surface area contributed by atoms with Crippen molar-refractivity contribution in [3.05, 3.63) is 0 Å². The second-order valence-electron chi connectivity index (χ2n) is 6.26. The van der Waals surface area contributed by atoms with Crippen molar-refractivity contribution >= 4 is 11.9 Å². The Morgan fingerprint density at radius 3 is 2.44 bits per heavy atom. The lowest BCUT2D eigenvalue weighted by Gasteiger charge is -2.41. The van der Waals surface area contributed by atoms with E-state index in [9.17, 15) is 14.7 Å². The molecular weight excluding hydrogens is 232 g/mol. The van der Waals surface area contributed by atoms with Crippen LogP contribution in [0.25, 0.3) is 0 Å². The predicted octanol–water partition coefficient (Wildman–Crippen LogP) is 1.23. The number of rotatable bonds is 3. The van der Waals surface area contributed by atoms with Gasteiger partial charge >= 0.3 is 5.97 Å². The topological polar surface area (TPSA) is 69.6 Å². The first-order chi connectivity index (χ1) is 8.15. The molecule has 0 radical (unpaired) electrons. The van der Waals surface area contributed by atoms with E-state index in [0.29, 0.717) is 13.0 Å². The molecule has 0 aromatic carbocycles. The Morgan fingerprint density at radius 1 is 1.33 bits per heavy atom. The van der Waals surface area contributed by atoms with Gasteiger partial charge in [-0.25, -0.2) is 0 Å². The van der Waals surface area contributed by atoms with E-state index in [1.54, 1.807) is 11.8 Å². The van der Waals surface area contributed by atoms with Crippen LogP contribution in [0.2, 0.25) is 0 Å². The van der Waals surface area contributed by atoms with Crippen LogP contribution in [0.1, 0.15) is 47.0 Å². The third-order valence-electron chi connectivity index (χ3n) is 3.35. The van der Waals surface area contributed by atoms with Crippen LogP contribution in [-0.2, 0) is 9.59 Å². The zero-order valence-corrected chi connectivity index (χ0v) is 11.7. The summed E-state index contributed by atoms with van der Waals surface area (Å²) in [6.45, 7) is 8.27. The minimum Gasteiger partial charge on any atom is -0.480 e. The van der Waals surface area contributed by atoms with E-state index in [2.05, 4.69) is 5.32 Å². The van der Waals surface area contributed by atoms with Gasteiger partial charge < -0.3 is 10.4 Å². The number of piperidine rings is 1. The van der Waals surface area contributed by atoms with Gasteiger partial charge in [-0.3, -0.25) is 14.5 Å². The van der Waals surface area contributed by atoms with Crippen LogP contribution in [0.15, 0.2) is 0 Å². The Kier molecular flexibility index (Phi) is 4.37. The van der Waals surface area contributed by atoms with Crippen LogP contribution >= 0.6 is 0 Å². The number of hydrogen-bond acceptors (Lipinski definition) is 3. The quantitative estimate of drug-likeness (QED) is 0.797. The van der Waals surface area contributed by atoms with Gasteiger partial charge in [0.05, 0.1) is 6.54 Å². The first-order valence-corrected chi connectivity index (χ1v) is 6.45. The van der Waals surface area contributed by atoms with Crippen LogP contribution in [-0.4, -0.2) is 46.1 Å². The van der Waals surface area contributed by atoms with Gasteiger partial charge in [0.2, 0.25) is 5.91 Å². The van der Waals surface area contributed by atoms with Gasteiger partial charge in [0.25, 0.3) is 0 Å². The van der Waals surface area contributed by atoms with Crippen molar-refractivity contribution in [3.63, 3.8) is 0 Å². The molecule has 104 valence electrons. The van der Waals surface area contributed by atoms with E-state index >= 15 is 0 Å². The van der Waals surface area contributed by atoms with Crippen molar-refractivity contribution < 1.29 is 14.7 Å². The fraction of sp³-hybridized carbons (Fsp3) is 0.846. The summed E-state index contributed by atoms with van der Waals surface area (Å²) in [6.07, 6.45) is 2.46. The summed E-state index contributed by atoms with van der Waals surface area (Å²) in [4.78, 5) is 25.0. The van der Waals surface area contributed by atoms with Crippen molar-refractivity contribution in [1.29, 1.82) is 0 Å². The standard InChI is InChI=1S/C13H24N2O3/c1-12(2,3)14-10(16)9-15-8-6-5-7-13(15,4)11(17)18/h5-9H2,1-4H3,(H,14,16)(H,17,18). The summed E-state index contributed by atoms with van der Waals surface area (Å²) in [5.74, 6) is -0.956. The number of nitrogens with one attached hydrogen (secondary N) is 1. The molecule has 18 heavy (non-hydrogen) atoms. The summed E-state index contributed by atoms with van der Waals surface area (Å²) in [7, 11) is 0. The maximum atomic E-state index is 11.9. The largest absolute Gasteiger partial charge is 0.480 e. The highest BCUT2D eigenvalue weighted by atomic mass is 16.4. The van der Waals surface area contributed by atoms with Crippen molar-refractivity contribution in [2.75, 3.05) is 13.1 Å². The van der Waals surface area contributed by atoms with Gasteiger partial charge in [-0.15, -0.1) is 0 Å². The Morgan fingerprint density at radius 2 is 1.94 bits per heavy atom. The second-order valence-corrected chi connectivity index (χ2v) is 6.26. The van der Waals surface area contributed by atoms with Crippen LogP contribution in [0.4, 0.5) is 0 Å². The number of carboxylic acid groups (broad SMARTS) is 1. The van der Waals surface area contributed by atoms with Crippen LogP contribution in [0.3, 0.4) is 0 Å². The lowest BCUT2D eigenvalue weighted by Crippen LogP contribution is -2.58. The van der Waals surface area contributed by atoms with Gasteiger partial charge in [-0.2, -0.15) is 0 Å². The predicted molar refractivity (Wildman–Crippen MR) is 69.4 cm³/mol. The molecule has 0 saturated carbocycles. The monoisotopic (exact) mass is 256 g/mol. The van der Waals surface area contributed by atoms with E-state index in [1.807, 2.05) is 20.8 Å². The molecule has 1 heterocycles. The molecule has 5 heteroatoms. The molecule has 5 nitrogen and oxygen atoms in total. The van der Waals surface area contributed by atoms with E-state index < -0.39 is 11.5 Å². The summed E-state index contributed by atoms with van der Waals surface area (Å²) < 4.78 is 0. The molecule has 2 N–H and O–H groups in total. The summed E-state index contributed by atoms with van der Waals surface area (Å²) in [5, 5.41) is 12.2. The Bertz CT molecular complexity index is 336. The van der Waals surface area contributed by atoms with E-state index in [-0.39, 0.29) is 18.0 Å². The average Bonchev–Trinajstić information content (AvgIpc) is 2.18. The highest BCUT2D eigenvalue weighted by Gasteiger charge is 2.42. The molecule has 1 saturated heterocycles. The maximum Gasteiger partial charge on any atom is 0.323 e. The van der Waals surface area contributed by atoms with Gasteiger partial charge in [0.1, 0.15) is 5.54 Å². The molecule has 1 unspecified atom stereocenters. The van der Waals surface area contributed by atoms with Crippen LogP contribution in [0.5, 0.6) is 0 Å². The normalized spacial score (nSPS) is 25.8. The summed E-state index contributed by atoms with van der Waals surface area (Å²) >= 11 is 0. The molecule has 0 aliphatic carbocycles. The Labute approximate surface area is 109 Å². The number of likely N-dealkylation sites (tertiary alicyclic amines) is 1. The van der Waals surface area contributed by atoms with Gasteiger partial charge in [-0.1, -0.05) is 0 Å². The van der Waals surface area contributed by atoms with Gasteiger partial charge in [-0.05, 0) is 53.5 Å². The number of aliphatic carboxylic acids is 1. The van der Waals surface area contributed by atoms with Crippen molar-refractivity contribution in [3.8, 4) is 0 Å². The van der Waals surface area contributed by atoms with Crippen molar-refractivity contribution in [2.45, 2.75) is 58.0 Å². The Balaban J connectivity index is 2.69. The number of carbonyl (C=O) groups excluding carboxylic acids is 1. The number of nitrogens with zero attached hydrogens (tertiary/aromatic N) is 1. The maximum absolute atomic E-state index is 11.9. The first-order valence-electron chi connectivity index (χ1n) is 6.45. The number of carboxylic acids is 1. The Hall–Kier alpha value is -1.10. The third-order valence-corrected chi connectivity index (χ3v) is 3.35.